The summed E-state index contributed by atoms with van der Waals surface area (Å²) in [5.41, 5.74) is 6.14. The van der Waals surface area contributed by atoms with Crippen molar-refractivity contribution in [2.75, 3.05) is 13.2 Å². The molecule has 1 unspecified atom stereocenters. The van der Waals surface area contributed by atoms with Gasteiger partial charge in [-0.1, -0.05) is 13.8 Å². The molecule has 2 heterocycles. The van der Waals surface area contributed by atoms with Crippen LogP contribution in [0.5, 0.6) is 0 Å². The molecule has 1 amide bonds. The number of rotatable bonds is 6. The third-order valence-electron chi connectivity index (χ3n) is 4.00. The first-order valence-corrected chi connectivity index (χ1v) is 7.07. The van der Waals surface area contributed by atoms with E-state index in [1.165, 1.54) is 0 Å². The molecule has 112 valence electrons. The normalized spacial score (nSPS) is 23.8. The fourth-order valence-corrected chi connectivity index (χ4v) is 2.64. The van der Waals surface area contributed by atoms with E-state index in [2.05, 4.69) is 29.5 Å². The highest BCUT2D eigenvalue weighted by atomic mass is 16.3. The lowest BCUT2D eigenvalue weighted by molar-refractivity contribution is -0.115. The van der Waals surface area contributed by atoms with Crippen LogP contribution in [0.1, 0.15) is 33.1 Å². The minimum absolute atomic E-state index is 0.129. The van der Waals surface area contributed by atoms with Gasteiger partial charge in [-0.15, -0.1) is 0 Å². The molecule has 5 N–H and O–H groups in total. The van der Waals surface area contributed by atoms with E-state index in [-0.39, 0.29) is 18.4 Å². The van der Waals surface area contributed by atoms with Gasteiger partial charge in [-0.05, 0) is 19.3 Å². The Balaban J connectivity index is 2.31. The number of aliphatic hydroxyl groups excluding tert-OH is 1. The minimum atomic E-state index is -0.487. The summed E-state index contributed by atoms with van der Waals surface area (Å²) in [5.74, 6) is -0.487. The second-order valence-electron chi connectivity index (χ2n) is 5.15. The van der Waals surface area contributed by atoms with Crippen molar-refractivity contribution in [2.45, 2.75) is 44.9 Å². The van der Waals surface area contributed by atoms with Crippen molar-refractivity contribution < 1.29 is 9.90 Å². The van der Waals surface area contributed by atoms with Crippen molar-refractivity contribution >= 4 is 12.2 Å². The van der Waals surface area contributed by atoms with Crippen LogP contribution in [0.3, 0.4) is 0 Å². The molecule has 7 heteroatoms. The zero-order valence-electron chi connectivity index (χ0n) is 12.0. The minimum Gasteiger partial charge on any atom is -0.396 e. The number of carbonyl (C=O) groups excluding carboxylic acids is 1. The second kappa shape index (κ2) is 5.80. The molecular weight excluding hydrogens is 258 g/mol. The number of nitrogens with zero attached hydrogens (tertiary/aromatic N) is 2. The summed E-state index contributed by atoms with van der Waals surface area (Å²) in [6.07, 6.45) is 3.83. The molecule has 7 nitrogen and oxygen atoms in total. The maximum atomic E-state index is 11.7. The number of carbonyl (C=O) groups is 1. The van der Waals surface area contributed by atoms with E-state index in [4.69, 9.17) is 10.8 Å². The molecule has 0 fully saturated rings. The third-order valence-corrected chi connectivity index (χ3v) is 4.00. The van der Waals surface area contributed by atoms with Crippen LogP contribution in [0, 0.1) is 0 Å². The molecule has 0 aliphatic carbocycles. The van der Waals surface area contributed by atoms with E-state index in [0.717, 1.165) is 12.8 Å². The van der Waals surface area contributed by atoms with Crippen LogP contribution < -0.4 is 16.4 Å². The largest absolute Gasteiger partial charge is 0.396 e. The lowest BCUT2D eigenvalue weighted by Crippen LogP contribution is -2.66. The SMILES string of the molecule is CCC1(CC)NC(C(N)=O)=C2N=CN(CCCO)C2N1. The van der Waals surface area contributed by atoms with Gasteiger partial charge in [-0.25, -0.2) is 4.99 Å². The van der Waals surface area contributed by atoms with Crippen molar-refractivity contribution in [1.29, 1.82) is 0 Å². The summed E-state index contributed by atoms with van der Waals surface area (Å²) in [5, 5.41) is 15.7. The van der Waals surface area contributed by atoms with Gasteiger partial charge < -0.3 is 21.1 Å². The van der Waals surface area contributed by atoms with Crippen LogP contribution >= 0.6 is 0 Å². The number of amides is 1. The van der Waals surface area contributed by atoms with E-state index < -0.39 is 5.91 Å². The topological polar surface area (TPSA) is 103 Å². The Morgan fingerprint density at radius 3 is 2.80 bits per heavy atom. The number of hydrogen-bond donors (Lipinski definition) is 4. The molecule has 2 rings (SSSR count). The molecule has 0 radical (unpaired) electrons. The lowest BCUT2D eigenvalue weighted by Gasteiger charge is -2.44. The molecule has 0 aromatic heterocycles. The zero-order valence-corrected chi connectivity index (χ0v) is 12.0. The van der Waals surface area contributed by atoms with Crippen LogP contribution in [0.25, 0.3) is 0 Å². The van der Waals surface area contributed by atoms with E-state index in [1.807, 2.05) is 4.90 Å². The van der Waals surface area contributed by atoms with Gasteiger partial charge in [0.25, 0.3) is 5.91 Å². The van der Waals surface area contributed by atoms with Gasteiger partial charge in [0.1, 0.15) is 17.6 Å². The lowest BCUT2D eigenvalue weighted by atomic mass is 9.98. The van der Waals surface area contributed by atoms with Gasteiger partial charge in [0.2, 0.25) is 0 Å². The third kappa shape index (κ3) is 2.51. The highest BCUT2D eigenvalue weighted by Gasteiger charge is 2.42. The number of hydrogen-bond acceptors (Lipinski definition) is 6. The monoisotopic (exact) mass is 281 g/mol. The first-order valence-electron chi connectivity index (χ1n) is 7.07. The Labute approximate surface area is 118 Å². The van der Waals surface area contributed by atoms with Crippen LogP contribution in [0.15, 0.2) is 16.4 Å². The Morgan fingerprint density at radius 1 is 1.55 bits per heavy atom. The quantitative estimate of drug-likeness (QED) is 0.523. The average Bonchev–Trinajstić information content (AvgIpc) is 2.86. The fraction of sp³-hybridized carbons (Fsp3) is 0.692. The molecule has 2 aliphatic rings. The number of nitrogens with two attached hydrogens (primary N) is 1. The molecule has 1 atom stereocenters. The first kappa shape index (κ1) is 14.8. The number of nitrogens with one attached hydrogen (secondary N) is 2. The predicted molar refractivity (Wildman–Crippen MR) is 76.5 cm³/mol. The maximum Gasteiger partial charge on any atom is 0.266 e. The van der Waals surface area contributed by atoms with E-state index in [0.29, 0.717) is 24.4 Å². The smallest absolute Gasteiger partial charge is 0.266 e. The van der Waals surface area contributed by atoms with Crippen molar-refractivity contribution in [3.8, 4) is 0 Å². The number of aliphatic imine (C=N–C) groups is 1. The van der Waals surface area contributed by atoms with Crippen LogP contribution in [0.4, 0.5) is 0 Å². The summed E-state index contributed by atoms with van der Waals surface area (Å²) in [6, 6.07) is 0. The maximum absolute atomic E-state index is 11.7. The number of fused-ring (bicyclic) bond motifs is 1. The van der Waals surface area contributed by atoms with Crippen LogP contribution in [-0.2, 0) is 4.79 Å². The summed E-state index contributed by atoms with van der Waals surface area (Å²) >= 11 is 0. The fourth-order valence-electron chi connectivity index (χ4n) is 2.64. The summed E-state index contributed by atoms with van der Waals surface area (Å²) in [4.78, 5) is 18.0. The van der Waals surface area contributed by atoms with Crippen LogP contribution in [-0.4, -0.2) is 47.2 Å². The Bertz CT molecular complexity index is 442. The first-order chi connectivity index (χ1) is 9.56. The molecule has 0 saturated carbocycles. The van der Waals surface area contributed by atoms with Crippen molar-refractivity contribution in [1.82, 2.24) is 15.5 Å². The molecular formula is C13H23N5O2. The van der Waals surface area contributed by atoms with Gasteiger partial charge >= 0.3 is 0 Å². The van der Waals surface area contributed by atoms with Crippen molar-refractivity contribution in [2.24, 2.45) is 10.7 Å². The molecule has 0 aromatic carbocycles. The average molecular weight is 281 g/mol. The zero-order chi connectivity index (χ0) is 14.8. The summed E-state index contributed by atoms with van der Waals surface area (Å²) < 4.78 is 0. The Hall–Kier alpha value is -1.60. The second-order valence-corrected chi connectivity index (χ2v) is 5.15. The van der Waals surface area contributed by atoms with Crippen molar-refractivity contribution in [3.63, 3.8) is 0 Å². The highest BCUT2D eigenvalue weighted by molar-refractivity contribution is 5.93. The van der Waals surface area contributed by atoms with E-state index >= 15 is 0 Å². The molecule has 0 aromatic rings. The number of primary amides is 1. The van der Waals surface area contributed by atoms with E-state index in [1.54, 1.807) is 6.34 Å². The van der Waals surface area contributed by atoms with E-state index in [9.17, 15) is 4.79 Å². The standard InChI is InChI=1S/C13H23N5O2/c1-3-13(4-2)16-9(11(14)20)10-12(17-13)18(8-15-10)6-5-7-19/h8,12,16-17,19H,3-7H2,1-2H3,(H2,14,20). The summed E-state index contributed by atoms with van der Waals surface area (Å²) in [7, 11) is 0. The van der Waals surface area contributed by atoms with Gasteiger partial charge in [0.05, 0.1) is 12.0 Å². The van der Waals surface area contributed by atoms with Crippen molar-refractivity contribution in [3.05, 3.63) is 11.4 Å². The Kier molecular flexibility index (Phi) is 4.29. The Morgan fingerprint density at radius 2 is 2.25 bits per heavy atom. The highest BCUT2D eigenvalue weighted by Crippen LogP contribution is 2.28. The number of aliphatic hydroxyl groups is 1. The summed E-state index contributed by atoms with van der Waals surface area (Å²) in [6.45, 7) is 4.92. The van der Waals surface area contributed by atoms with Crippen LogP contribution in [0.2, 0.25) is 0 Å². The van der Waals surface area contributed by atoms with Gasteiger partial charge in [0.15, 0.2) is 0 Å². The predicted octanol–water partition coefficient (Wildman–Crippen LogP) is -0.555. The molecule has 0 spiro atoms. The molecule has 0 saturated heterocycles. The molecule has 20 heavy (non-hydrogen) atoms. The van der Waals surface area contributed by atoms with Gasteiger partial charge in [0, 0.05) is 13.2 Å². The van der Waals surface area contributed by atoms with Gasteiger partial charge in [-0.3, -0.25) is 10.1 Å². The molecule has 0 bridgehead atoms. The molecule has 2 aliphatic heterocycles. The van der Waals surface area contributed by atoms with Gasteiger partial charge in [-0.2, -0.15) is 0 Å².